The van der Waals surface area contributed by atoms with Crippen LogP contribution in [0.4, 0.5) is 10.5 Å². The molecular weight excluding hydrogens is 264 g/mol. The average molecular weight is 282 g/mol. The normalized spacial score (nSPS) is 9.55. The summed E-state index contributed by atoms with van der Waals surface area (Å²) in [6.07, 6.45) is 0.121. The summed E-state index contributed by atoms with van der Waals surface area (Å²) in [5.41, 5.74) is 0.554. The van der Waals surface area contributed by atoms with Gasteiger partial charge in [0.25, 0.3) is 0 Å². The number of rotatable bonds is 6. The Kier molecular flexibility index (Phi) is 6.15. The molecule has 2 amide bonds. The van der Waals surface area contributed by atoms with E-state index in [4.69, 9.17) is 9.47 Å². The van der Waals surface area contributed by atoms with E-state index in [0.29, 0.717) is 17.2 Å². The third-order valence-corrected chi connectivity index (χ3v) is 2.48. The molecule has 7 heteroatoms. The fraction of sp³-hybridized carbons (Fsp3) is 0.385. The Hall–Kier alpha value is -2.44. The number of carbonyl (C=O) groups is 2. The maximum atomic E-state index is 11.6. The van der Waals surface area contributed by atoms with Crippen LogP contribution in [0.1, 0.15) is 6.42 Å². The van der Waals surface area contributed by atoms with Crippen molar-refractivity contribution in [2.24, 2.45) is 0 Å². The van der Waals surface area contributed by atoms with Crippen molar-refractivity contribution in [2.45, 2.75) is 6.42 Å². The van der Waals surface area contributed by atoms with Gasteiger partial charge in [-0.3, -0.25) is 4.79 Å². The molecule has 0 aliphatic heterocycles. The number of esters is 1. The van der Waals surface area contributed by atoms with Crippen LogP contribution in [-0.4, -0.2) is 39.9 Å². The zero-order valence-corrected chi connectivity index (χ0v) is 11.7. The molecule has 1 aromatic rings. The summed E-state index contributed by atoms with van der Waals surface area (Å²) in [7, 11) is 4.34. The Labute approximate surface area is 117 Å². The van der Waals surface area contributed by atoms with E-state index in [2.05, 4.69) is 15.4 Å². The number of benzene rings is 1. The van der Waals surface area contributed by atoms with E-state index in [-0.39, 0.29) is 18.9 Å². The Morgan fingerprint density at radius 2 is 1.80 bits per heavy atom. The van der Waals surface area contributed by atoms with Crippen LogP contribution in [0.3, 0.4) is 0 Å². The minimum Gasteiger partial charge on any atom is -0.493 e. The van der Waals surface area contributed by atoms with Crippen LogP contribution in [-0.2, 0) is 9.53 Å². The molecule has 0 spiro atoms. The van der Waals surface area contributed by atoms with Gasteiger partial charge >= 0.3 is 12.0 Å². The molecule has 0 aliphatic rings. The zero-order chi connectivity index (χ0) is 15.0. The van der Waals surface area contributed by atoms with Crippen molar-refractivity contribution >= 4 is 17.7 Å². The summed E-state index contributed by atoms with van der Waals surface area (Å²) >= 11 is 0. The summed E-state index contributed by atoms with van der Waals surface area (Å²) in [4.78, 5) is 22.5. The molecule has 1 rings (SSSR count). The van der Waals surface area contributed by atoms with Gasteiger partial charge in [-0.15, -0.1) is 0 Å². The molecule has 0 aromatic heterocycles. The Morgan fingerprint density at radius 1 is 1.10 bits per heavy atom. The summed E-state index contributed by atoms with van der Waals surface area (Å²) < 4.78 is 14.7. The van der Waals surface area contributed by atoms with Gasteiger partial charge in [0.05, 0.1) is 27.8 Å². The number of carbonyl (C=O) groups excluding carboxylic acids is 2. The predicted octanol–water partition coefficient (Wildman–Crippen LogP) is 1.39. The van der Waals surface area contributed by atoms with Crippen molar-refractivity contribution in [3.05, 3.63) is 18.2 Å². The molecule has 0 fully saturated rings. The Balaban J connectivity index is 2.51. The highest BCUT2D eigenvalue weighted by molar-refractivity contribution is 5.89. The number of anilines is 1. The smallest absolute Gasteiger partial charge is 0.319 e. The number of amides is 2. The number of ether oxygens (including phenoxy) is 3. The molecule has 110 valence electrons. The van der Waals surface area contributed by atoms with Crippen LogP contribution in [0.2, 0.25) is 0 Å². The minimum atomic E-state index is -0.416. The van der Waals surface area contributed by atoms with E-state index < -0.39 is 6.03 Å². The monoisotopic (exact) mass is 282 g/mol. The predicted molar refractivity (Wildman–Crippen MR) is 73.2 cm³/mol. The van der Waals surface area contributed by atoms with E-state index in [1.807, 2.05) is 0 Å². The molecule has 0 heterocycles. The van der Waals surface area contributed by atoms with Crippen molar-refractivity contribution in [1.29, 1.82) is 0 Å². The van der Waals surface area contributed by atoms with Gasteiger partial charge in [-0.2, -0.15) is 0 Å². The van der Waals surface area contributed by atoms with Crippen LogP contribution >= 0.6 is 0 Å². The number of methoxy groups -OCH3 is 3. The summed E-state index contributed by atoms with van der Waals surface area (Å²) in [5, 5.41) is 5.16. The number of nitrogens with one attached hydrogen (secondary N) is 2. The lowest BCUT2D eigenvalue weighted by Crippen LogP contribution is -2.30. The first-order valence-corrected chi connectivity index (χ1v) is 5.94. The molecule has 0 bridgehead atoms. The molecule has 1 aromatic carbocycles. The van der Waals surface area contributed by atoms with Gasteiger partial charge in [0, 0.05) is 18.3 Å². The highest BCUT2D eigenvalue weighted by Crippen LogP contribution is 2.29. The third-order valence-electron chi connectivity index (χ3n) is 2.48. The lowest BCUT2D eigenvalue weighted by molar-refractivity contribution is -0.140. The van der Waals surface area contributed by atoms with Crippen molar-refractivity contribution in [2.75, 3.05) is 33.2 Å². The molecular formula is C13H18N2O5. The maximum Gasteiger partial charge on any atom is 0.319 e. The highest BCUT2D eigenvalue weighted by atomic mass is 16.5. The van der Waals surface area contributed by atoms with Crippen molar-refractivity contribution in [3.63, 3.8) is 0 Å². The second-order valence-electron chi connectivity index (χ2n) is 3.78. The van der Waals surface area contributed by atoms with E-state index in [1.165, 1.54) is 21.3 Å². The fourth-order valence-electron chi connectivity index (χ4n) is 1.47. The van der Waals surface area contributed by atoms with E-state index in [9.17, 15) is 9.59 Å². The minimum absolute atomic E-state index is 0.121. The maximum absolute atomic E-state index is 11.6. The molecule has 0 unspecified atom stereocenters. The van der Waals surface area contributed by atoms with E-state index in [1.54, 1.807) is 18.2 Å². The van der Waals surface area contributed by atoms with Crippen molar-refractivity contribution in [1.82, 2.24) is 5.32 Å². The highest BCUT2D eigenvalue weighted by Gasteiger charge is 2.07. The molecule has 0 saturated heterocycles. The zero-order valence-electron chi connectivity index (χ0n) is 11.7. The van der Waals surface area contributed by atoms with Crippen LogP contribution in [0.25, 0.3) is 0 Å². The van der Waals surface area contributed by atoms with Gasteiger partial charge < -0.3 is 24.8 Å². The molecule has 20 heavy (non-hydrogen) atoms. The summed E-state index contributed by atoms with van der Waals surface area (Å²) in [5.74, 6) is 0.709. The third kappa shape index (κ3) is 4.68. The topological polar surface area (TPSA) is 85.9 Å². The SMILES string of the molecule is COC(=O)CCNC(=O)Nc1ccc(OC)c(OC)c1. The number of hydrogen-bond acceptors (Lipinski definition) is 5. The molecule has 7 nitrogen and oxygen atoms in total. The molecule has 0 atom stereocenters. The van der Waals surface area contributed by atoms with Crippen molar-refractivity contribution < 1.29 is 23.8 Å². The van der Waals surface area contributed by atoms with Gasteiger partial charge in [-0.25, -0.2) is 4.79 Å². The first-order valence-electron chi connectivity index (χ1n) is 5.94. The van der Waals surface area contributed by atoms with Gasteiger partial charge in [0.1, 0.15) is 0 Å². The number of hydrogen-bond donors (Lipinski definition) is 2. The van der Waals surface area contributed by atoms with Gasteiger partial charge in [-0.1, -0.05) is 0 Å². The van der Waals surface area contributed by atoms with Crippen LogP contribution in [0, 0.1) is 0 Å². The Morgan fingerprint density at radius 3 is 2.40 bits per heavy atom. The first-order chi connectivity index (χ1) is 9.60. The van der Waals surface area contributed by atoms with Crippen molar-refractivity contribution in [3.8, 4) is 11.5 Å². The lowest BCUT2D eigenvalue weighted by atomic mass is 10.3. The second-order valence-corrected chi connectivity index (χ2v) is 3.78. The summed E-state index contributed by atoms with van der Waals surface area (Å²) in [6, 6.07) is 4.59. The largest absolute Gasteiger partial charge is 0.493 e. The lowest BCUT2D eigenvalue weighted by Gasteiger charge is -2.11. The standard InChI is InChI=1S/C13H18N2O5/c1-18-10-5-4-9(8-11(10)19-2)15-13(17)14-7-6-12(16)20-3/h4-5,8H,6-7H2,1-3H3,(H2,14,15,17). The first kappa shape index (κ1) is 15.6. The molecule has 2 N–H and O–H groups in total. The second kappa shape index (κ2) is 7.88. The van der Waals surface area contributed by atoms with E-state index in [0.717, 1.165) is 0 Å². The molecule has 0 aliphatic carbocycles. The van der Waals surface area contributed by atoms with E-state index >= 15 is 0 Å². The van der Waals surface area contributed by atoms with Crippen LogP contribution < -0.4 is 20.1 Å². The van der Waals surface area contributed by atoms with Gasteiger partial charge in [0.2, 0.25) is 0 Å². The average Bonchev–Trinajstić information content (AvgIpc) is 2.46. The quantitative estimate of drug-likeness (QED) is 0.770. The Bertz CT molecular complexity index is 476. The summed E-state index contributed by atoms with van der Waals surface area (Å²) in [6.45, 7) is 0.200. The molecule has 0 saturated carbocycles. The van der Waals surface area contributed by atoms with Gasteiger partial charge in [-0.05, 0) is 12.1 Å². The fourth-order valence-corrected chi connectivity index (χ4v) is 1.47. The van der Waals surface area contributed by atoms with Crippen LogP contribution in [0.5, 0.6) is 11.5 Å². The molecule has 0 radical (unpaired) electrons. The van der Waals surface area contributed by atoms with Crippen LogP contribution in [0.15, 0.2) is 18.2 Å². The number of urea groups is 1. The van der Waals surface area contributed by atoms with Gasteiger partial charge in [0.15, 0.2) is 11.5 Å².